The van der Waals surface area contributed by atoms with Crippen LogP contribution in [0, 0.1) is 11.6 Å². The first kappa shape index (κ1) is 22.3. The predicted molar refractivity (Wildman–Crippen MR) is 119 cm³/mol. The van der Waals surface area contributed by atoms with Gasteiger partial charge in [-0.2, -0.15) is 0 Å². The quantitative estimate of drug-likeness (QED) is 0.349. The van der Waals surface area contributed by atoms with Crippen LogP contribution in [0.2, 0.25) is 5.02 Å². The predicted octanol–water partition coefficient (Wildman–Crippen LogP) is 7.18. The van der Waals surface area contributed by atoms with E-state index >= 15 is 0 Å². The maximum absolute atomic E-state index is 13.5. The third-order valence-electron chi connectivity index (χ3n) is 4.89. The number of carbonyl (C=O) groups is 1. The summed E-state index contributed by atoms with van der Waals surface area (Å²) >= 11 is 7.56. The van der Waals surface area contributed by atoms with E-state index in [2.05, 4.69) is 0 Å². The molecule has 0 radical (unpaired) electrons. The summed E-state index contributed by atoms with van der Waals surface area (Å²) in [7, 11) is -3.74. The van der Waals surface area contributed by atoms with Gasteiger partial charge < -0.3 is 9.05 Å². The van der Waals surface area contributed by atoms with Gasteiger partial charge in [0.25, 0.3) is 0 Å². The molecular weight excluding hydrogens is 465 g/mol. The van der Waals surface area contributed by atoms with E-state index in [0.717, 1.165) is 22.2 Å². The molecule has 1 aliphatic heterocycles. The molecule has 4 nitrogen and oxygen atoms in total. The second kappa shape index (κ2) is 9.31. The van der Waals surface area contributed by atoms with E-state index in [1.54, 1.807) is 17.5 Å². The first-order valence-electron chi connectivity index (χ1n) is 9.57. The molecule has 1 saturated heterocycles. The molecule has 0 saturated carbocycles. The van der Waals surface area contributed by atoms with E-state index in [4.69, 9.17) is 20.6 Å². The molecule has 0 spiro atoms. The Morgan fingerprint density at radius 3 is 2.68 bits per heavy atom. The number of benzene rings is 2. The van der Waals surface area contributed by atoms with Crippen molar-refractivity contribution in [2.24, 2.45) is 0 Å². The second-order valence-electron chi connectivity index (χ2n) is 7.04. The molecule has 162 valence electrons. The molecule has 1 atom stereocenters. The molecule has 0 amide bonds. The number of thiophene rings is 1. The van der Waals surface area contributed by atoms with Gasteiger partial charge in [0.2, 0.25) is 0 Å². The normalized spacial score (nSPS) is 17.3. The molecule has 9 heteroatoms. The Hall–Kier alpha value is -1.89. The van der Waals surface area contributed by atoms with Crippen LogP contribution in [-0.4, -0.2) is 19.0 Å². The van der Waals surface area contributed by atoms with Crippen LogP contribution in [0.4, 0.5) is 8.78 Å². The largest absolute Gasteiger partial charge is 0.345 e. The first-order valence-corrected chi connectivity index (χ1v) is 12.4. The standard InChI is InChI=1S/C22H18ClF2O4PS/c23-15-6-8-21-16(12-15)17(13-31-21)22(30(27)28-9-2-10-29-30)20(26)4-1-3-14-5-7-18(24)19(25)11-14/h1,3,5-8,11-13,22H,2,4,9-10H2/b3-1+. The number of hydrogen-bond acceptors (Lipinski definition) is 5. The molecule has 0 N–H and O–H groups in total. The summed E-state index contributed by atoms with van der Waals surface area (Å²) in [5, 5.41) is 3.01. The highest BCUT2D eigenvalue weighted by molar-refractivity contribution is 7.55. The zero-order chi connectivity index (χ0) is 22.0. The molecule has 4 rings (SSSR count). The molecule has 31 heavy (non-hydrogen) atoms. The van der Waals surface area contributed by atoms with Crippen molar-refractivity contribution in [1.29, 1.82) is 0 Å². The third-order valence-corrected chi connectivity index (χ3v) is 8.39. The van der Waals surface area contributed by atoms with Crippen LogP contribution in [-0.2, 0) is 18.4 Å². The third kappa shape index (κ3) is 4.81. The van der Waals surface area contributed by atoms with Crippen molar-refractivity contribution >= 4 is 52.5 Å². The minimum atomic E-state index is -3.74. The average Bonchev–Trinajstić information content (AvgIpc) is 3.14. The summed E-state index contributed by atoms with van der Waals surface area (Å²) in [6.07, 6.45) is 3.55. The summed E-state index contributed by atoms with van der Waals surface area (Å²) in [6, 6.07) is 8.79. The van der Waals surface area contributed by atoms with Crippen molar-refractivity contribution in [3.8, 4) is 0 Å². The van der Waals surface area contributed by atoms with Crippen LogP contribution in [0.1, 0.15) is 29.6 Å². The number of fused-ring (bicyclic) bond motifs is 1. The maximum Gasteiger partial charge on any atom is 0.345 e. The lowest BCUT2D eigenvalue weighted by atomic mass is 10.0. The molecule has 3 aromatic rings. The Kier molecular flexibility index (Phi) is 6.70. The zero-order valence-corrected chi connectivity index (χ0v) is 18.7. The fourth-order valence-corrected chi connectivity index (χ4v) is 6.81. The smallest absolute Gasteiger partial charge is 0.308 e. The highest BCUT2D eigenvalue weighted by atomic mass is 35.5. The van der Waals surface area contributed by atoms with Gasteiger partial charge in [-0.25, -0.2) is 8.78 Å². The fourth-order valence-electron chi connectivity index (χ4n) is 3.42. The van der Waals surface area contributed by atoms with Crippen molar-refractivity contribution < 1.29 is 27.2 Å². The number of hydrogen-bond donors (Lipinski definition) is 0. The Morgan fingerprint density at radius 2 is 1.94 bits per heavy atom. The van der Waals surface area contributed by atoms with Gasteiger partial charge in [0.15, 0.2) is 17.4 Å². The minimum absolute atomic E-state index is 0.0850. The topological polar surface area (TPSA) is 52.6 Å². The monoisotopic (exact) mass is 482 g/mol. The van der Waals surface area contributed by atoms with Crippen LogP contribution in [0.15, 0.2) is 47.9 Å². The highest BCUT2D eigenvalue weighted by Gasteiger charge is 2.44. The van der Waals surface area contributed by atoms with Crippen LogP contribution in [0.5, 0.6) is 0 Å². The Balaban J connectivity index is 1.66. The minimum Gasteiger partial charge on any atom is -0.308 e. The second-order valence-corrected chi connectivity index (χ2v) is 10.5. The Morgan fingerprint density at radius 1 is 1.16 bits per heavy atom. The molecular formula is C22H18ClF2O4PS. The van der Waals surface area contributed by atoms with Gasteiger partial charge in [0.05, 0.1) is 13.2 Å². The van der Waals surface area contributed by atoms with Crippen molar-refractivity contribution in [3.63, 3.8) is 0 Å². The van der Waals surface area contributed by atoms with E-state index in [-0.39, 0.29) is 25.4 Å². The SMILES string of the molecule is O=C(C/C=C/c1ccc(F)c(F)c1)C(c1csc2ccc(Cl)cc12)P1(=O)OCCCO1. The van der Waals surface area contributed by atoms with Crippen molar-refractivity contribution in [2.45, 2.75) is 18.5 Å². The maximum atomic E-state index is 13.5. The van der Waals surface area contributed by atoms with E-state index < -0.39 is 24.9 Å². The number of ketones is 1. The Labute approximate surface area is 187 Å². The molecule has 2 heterocycles. The number of rotatable bonds is 6. The summed E-state index contributed by atoms with van der Waals surface area (Å²) in [5.41, 5.74) is -0.138. The van der Waals surface area contributed by atoms with Crippen molar-refractivity contribution in [2.75, 3.05) is 13.2 Å². The summed E-state index contributed by atoms with van der Waals surface area (Å²) in [5.74, 6) is -2.27. The van der Waals surface area contributed by atoms with Crippen LogP contribution in [0.25, 0.3) is 16.2 Å². The molecule has 1 aromatic heterocycles. The summed E-state index contributed by atoms with van der Waals surface area (Å²) in [6.45, 7) is 0.489. The average molecular weight is 483 g/mol. The number of allylic oxidation sites excluding steroid dienone is 1. The molecule has 1 aliphatic rings. The van der Waals surface area contributed by atoms with Crippen LogP contribution in [0.3, 0.4) is 0 Å². The number of halogens is 3. The van der Waals surface area contributed by atoms with Gasteiger partial charge in [0.1, 0.15) is 5.66 Å². The van der Waals surface area contributed by atoms with Gasteiger partial charge in [-0.3, -0.25) is 9.36 Å². The molecule has 0 aliphatic carbocycles. The number of Topliss-reactive ketones (excluding diaryl/α,β-unsaturated/α-hetero) is 1. The van der Waals surface area contributed by atoms with Crippen LogP contribution < -0.4 is 0 Å². The molecule has 2 aromatic carbocycles. The number of carbonyl (C=O) groups excluding carboxylic acids is 1. The van der Waals surface area contributed by atoms with Crippen LogP contribution >= 0.6 is 30.5 Å². The lowest BCUT2D eigenvalue weighted by molar-refractivity contribution is -0.118. The van der Waals surface area contributed by atoms with Crippen molar-refractivity contribution in [1.82, 2.24) is 0 Å². The van der Waals surface area contributed by atoms with Gasteiger partial charge in [-0.1, -0.05) is 29.8 Å². The Bertz CT molecular complexity index is 1200. The van der Waals surface area contributed by atoms with Gasteiger partial charge in [-0.15, -0.1) is 11.3 Å². The van der Waals surface area contributed by atoms with Crippen molar-refractivity contribution in [3.05, 3.63) is 75.6 Å². The molecule has 1 fully saturated rings. The van der Waals surface area contributed by atoms with Gasteiger partial charge >= 0.3 is 7.60 Å². The van der Waals surface area contributed by atoms with E-state index in [0.29, 0.717) is 22.6 Å². The van der Waals surface area contributed by atoms with Gasteiger partial charge in [-0.05, 0) is 58.6 Å². The van der Waals surface area contributed by atoms with E-state index in [9.17, 15) is 18.1 Å². The fraction of sp³-hybridized carbons (Fsp3) is 0.227. The lowest BCUT2D eigenvalue weighted by Crippen LogP contribution is -2.19. The molecule has 0 bridgehead atoms. The summed E-state index contributed by atoms with van der Waals surface area (Å²) < 4.78 is 51.9. The van der Waals surface area contributed by atoms with Gasteiger partial charge in [0, 0.05) is 16.1 Å². The first-order chi connectivity index (χ1) is 14.9. The highest BCUT2D eigenvalue weighted by Crippen LogP contribution is 2.64. The molecule has 1 unspecified atom stereocenters. The summed E-state index contributed by atoms with van der Waals surface area (Å²) in [4.78, 5) is 13.2. The lowest BCUT2D eigenvalue weighted by Gasteiger charge is -2.29. The van der Waals surface area contributed by atoms with E-state index in [1.807, 2.05) is 6.07 Å². The van der Waals surface area contributed by atoms with E-state index in [1.165, 1.54) is 29.6 Å². The zero-order valence-electron chi connectivity index (χ0n) is 16.2.